The SMILES string of the molecule is CC(=O)N1CCN(c2ccc3c(n2)N2c4ccccc4N(C)C2C(S(=O)(=O)NCCN2CCCC2)C3=O)CC1. The lowest BCUT2D eigenvalue weighted by Crippen LogP contribution is -2.60. The van der Waals surface area contributed by atoms with Crippen LogP contribution in [0.15, 0.2) is 36.4 Å². The first-order chi connectivity index (χ1) is 18.8. The Kier molecular flexibility index (Phi) is 6.72. The van der Waals surface area contributed by atoms with Crippen molar-refractivity contribution in [2.75, 3.05) is 74.1 Å². The summed E-state index contributed by atoms with van der Waals surface area (Å²) in [6.45, 7) is 6.91. The average Bonchev–Trinajstić information content (AvgIpc) is 3.55. The first-order valence-electron chi connectivity index (χ1n) is 13.6. The minimum atomic E-state index is -4.00. The number of amides is 1. The third-order valence-electron chi connectivity index (χ3n) is 8.38. The Morgan fingerprint density at radius 2 is 1.69 bits per heavy atom. The molecule has 1 aromatic heterocycles. The van der Waals surface area contributed by atoms with E-state index in [2.05, 4.69) is 14.5 Å². The molecule has 1 amide bonds. The van der Waals surface area contributed by atoms with Gasteiger partial charge in [0.25, 0.3) is 0 Å². The molecule has 208 valence electrons. The quantitative estimate of drug-likeness (QED) is 0.565. The third-order valence-corrected chi connectivity index (χ3v) is 10.1. The number of benzene rings is 1. The summed E-state index contributed by atoms with van der Waals surface area (Å²) in [5.74, 6) is 0.789. The Labute approximate surface area is 229 Å². The van der Waals surface area contributed by atoms with Crippen LogP contribution in [0.1, 0.15) is 30.1 Å². The van der Waals surface area contributed by atoms with E-state index in [0.717, 1.165) is 37.3 Å². The number of rotatable bonds is 6. The number of piperazine rings is 1. The van der Waals surface area contributed by atoms with Gasteiger partial charge in [0.15, 0.2) is 11.0 Å². The summed E-state index contributed by atoms with van der Waals surface area (Å²) < 4.78 is 30.3. The van der Waals surface area contributed by atoms with Crippen LogP contribution in [0, 0.1) is 0 Å². The minimum Gasteiger partial charge on any atom is -0.353 e. The normalized spacial score (nSPS) is 23.2. The van der Waals surface area contributed by atoms with E-state index in [0.29, 0.717) is 49.9 Å². The van der Waals surface area contributed by atoms with E-state index >= 15 is 0 Å². The van der Waals surface area contributed by atoms with Gasteiger partial charge in [-0.3, -0.25) is 9.59 Å². The maximum Gasteiger partial charge on any atom is 0.226 e. The molecule has 6 rings (SSSR count). The summed E-state index contributed by atoms with van der Waals surface area (Å²) in [5.41, 5.74) is 1.97. The van der Waals surface area contributed by atoms with Gasteiger partial charge in [0.1, 0.15) is 17.8 Å². The highest BCUT2D eigenvalue weighted by Gasteiger charge is 2.54. The van der Waals surface area contributed by atoms with E-state index in [9.17, 15) is 18.0 Å². The molecule has 0 radical (unpaired) electrons. The number of likely N-dealkylation sites (tertiary alicyclic amines) is 1. The van der Waals surface area contributed by atoms with Crippen molar-refractivity contribution in [2.45, 2.75) is 31.2 Å². The number of carbonyl (C=O) groups excluding carboxylic acids is 2. The van der Waals surface area contributed by atoms with E-state index in [1.165, 1.54) is 0 Å². The van der Waals surface area contributed by atoms with Crippen LogP contribution >= 0.6 is 0 Å². The molecule has 2 atom stereocenters. The van der Waals surface area contributed by atoms with Crippen molar-refractivity contribution in [3.63, 3.8) is 0 Å². The summed E-state index contributed by atoms with van der Waals surface area (Å²) in [6, 6.07) is 11.2. The molecule has 2 saturated heterocycles. The smallest absolute Gasteiger partial charge is 0.226 e. The molecule has 5 heterocycles. The highest BCUT2D eigenvalue weighted by Crippen LogP contribution is 2.49. The molecule has 0 aliphatic carbocycles. The lowest BCUT2D eigenvalue weighted by molar-refractivity contribution is -0.129. The van der Waals surface area contributed by atoms with Crippen LogP contribution in [0.3, 0.4) is 0 Å². The van der Waals surface area contributed by atoms with Crippen molar-refractivity contribution >= 4 is 44.7 Å². The van der Waals surface area contributed by atoms with Crippen LogP contribution in [-0.2, 0) is 14.8 Å². The maximum atomic E-state index is 13.9. The Balaban J connectivity index is 1.34. The molecule has 0 bridgehead atoms. The van der Waals surface area contributed by atoms with Gasteiger partial charge in [0, 0.05) is 53.2 Å². The summed E-state index contributed by atoms with van der Waals surface area (Å²) in [7, 11) is -2.17. The van der Waals surface area contributed by atoms with Gasteiger partial charge in [-0.15, -0.1) is 0 Å². The number of ketones is 1. The van der Waals surface area contributed by atoms with Gasteiger partial charge in [0.2, 0.25) is 15.9 Å². The number of Topliss-reactive ketones (excluding diaryl/α,β-unsaturated/α-hetero) is 1. The molecule has 0 spiro atoms. The molecule has 4 aliphatic rings. The molecule has 0 saturated carbocycles. The predicted octanol–water partition coefficient (Wildman–Crippen LogP) is 1.24. The Hall–Kier alpha value is -3.22. The molecule has 39 heavy (non-hydrogen) atoms. The highest BCUT2D eigenvalue weighted by atomic mass is 32.2. The van der Waals surface area contributed by atoms with Crippen molar-refractivity contribution in [1.29, 1.82) is 0 Å². The van der Waals surface area contributed by atoms with E-state index < -0.39 is 27.2 Å². The monoisotopic (exact) mass is 553 g/mol. The van der Waals surface area contributed by atoms with Crippen LogP contribution < -0.4 is 19.4 Å². The number of hydrogen-bond donors (Lipinski definition) is 1. The second kappa shape index (κ2) is 10.1. The second-order valence-electron chi connectivity index (χ2n) is 10.7. The van der Waals surface area contributed by atoms with Gasteiger partial charge in [-0.25, -0.2) is 18.1 Å². The van der Waals surface area contributed by atoms with Crippen LogP contribution in [0.4, 0.5) is 23.0 Å². The van der Waals surface area contributed by atoms with Crippen molar-refractivity contribution in [1.82, 2.24) is 19.5 Å². The fraction of sp³-hybridized carbons (Fsp3) is 0.519. The first kappa shape index (κ1) is 26.0. The van der Waals surface area contributed by atoms with Gasteiger partial charge in [-0.2, -0.15) is 0 Å². The minimum absolute atomic E-state index is 0.0551. The molecule has 4 aliphatic heterocycles. The van der Waals surface area contributed by atoms with Crippen LogP contribution in [-0.4, -0.2) is 106 Å². The van der Waals surface area contributed by atoms with Gasteiger partial charge in [0.05, 0.1) is 16.9 Å². The zero-order valence-electron chi connectivity index (χ0n) is 22.4. The molecule has 12 heteroatoms. The fourth-order valence-corrected chi connectivity index (χ4v) is 7.86. The van der Waals surface area contributed by atoms with Crippen molar-refractivity contribution in [3.05, 3.63) is 42.0 Å². The average molecular weight is 554 g/mol. The first-order valence-corrected chi connectivity index (χ1v) is 15.2. The topological polar surface area (TPSA) is 109 Å². The molecule has 1 N–H and O–H groups in total. The number of carbonyl (C=O) groups is 2. The number of nitrogens with one attached hydrogen (secondary N) is 1. The second-order valence-corrected chi connectivity index (χ2v) is 12.6. The molecular weight excluding hydrogens is 518 g/mol. The number of fused-ring (bicyclic) bond motifs is 5. The van der Waals surface area contributed by atoms with E-state index in [-0.39, 0.29) is 12.5 Å². The summed E-state index contributed by atoms with van der Waals surface area (Å²) in [6.07, 6.45) is 1.50. The Morgan fingerprint density at radius 1 is 1.00 bits per heavy atom. The molecule has 2 aromatic rings. The summed E-state index contributed by atoms with van der Waals surface area (Å²) in [5, 5.41) is -1.31. The van der Waals surface area contributed by atoms with Gasteiger partial charge >= 0.3 is 0 Å². The molecule has 2 fully saturated rings. The lowest BCUT2D eigenvalue weighted by atomic mass is 10.0. The zero-order valence-corrected chi connectivity index (χ0v) is 23.2. The number of hydrogen-bond acceptors (Lipinski definition) is 9. The predicted molar refractivity (Wildman–Crippen MR) is 150 cm³/mol. The largest absolute Gasteiger partial charge is 0.353 e. The van der Waals surface area contributed by atoms with Crippen molar-refractivity contribution in [2.24, 2.45) is 0 Å². The van der Waals surface area contributed by atoms with Crippen molar-refractivity contribution in [3.8, 4) is 0 Å². The maximum absolute atomic E-state index is 13.9. The number of nitrogens with zero attached hydrogens (tertiary/aromatic N) is 6. The van der Waals surface area contributed by atoms with E-state index in [1.807, 2.05) is 46.0 Å². The highest BCUT2D eigenvalue weighted by molar-refractivity contribution is 7.91. The lowest BCUT2D eigenvalue weighted by Gasteiger charge is -2.40. The Bertz CT molecular complexity index is 1390. The van der Waals surface area contributed by atoms with Gasteiger partial charge < -0.3 is 24.5 Å². The van der Waals surface area contributed by atoms with Crippen LogP contribution in [0.5, 0.6) is 0 Å². The number of anilines is 4. The Morgan fingerprint density at radius 3 is 2.38 bits per heavy atom. The van der Waals surface area contributed by atoms with Crippen LogP contribution in [0.25, 0.3) is 0 Å². The van der Waals surface area contributed by atoms with E-state index in [4.69, 9.17) is 4.98 Å². The zero-order chi connectivity index (χ0) is 27.3. The van der Waals surface area contributed by atoms with Gasteiger partial charge in [-0.1, -0.05) is 12.1 Å². The van der Waals surface area contributed by atoms with Crippen LogP contribution in [0.2, 0.25) is 0 Å². The number of pyridine rings is 1. The molecule has 2 unspecified atom stereocenters. The summed E-state index contributed by atoms with van der Waals surface area (Å²) in [4.78, 5) is 40.6. The standard InChI is InChI=1S/C27H35N7O4S/c1-19(35)32-15-17-33(18-16-32)23-10-9-20-24(36)25(39(37,38)28-11-14-31-12-5-6-13-31)27-30(2)21-7-3-4-8-22(21)34(27)26(20)29-23/h3-4,7-10,25,27-28H,5-6,11-18H2,1-2H3. The molecule has 1 aromatic carbocycles. The van der Waals surface area contributed by atoms with Crippen molar-refractivity contribution < 1.29 is 18.0 Å². The number of para-hydroxylation sites is 2. The fourth-order valence-electron chi connectivity index (χ4n) is 6.27. The number of sulfonamides is 1. The molecule has 11 nitrogen and oxygen atoms in total. The summed E-state index contributed by atoms with van der Waals surface area (Å²) >= 11 is 0. The third kappa shape index (κ3) is 4.53. The molecular formula is C27H35N7O4S. The number of aromatic nitrogens is 1. The van der Waals surface area contributed by atoms with E-state index in [1.54, 1.807) is 19.1 Å². The van der Waals surface area contributed by atoms with Gasteiger partial charge in [-0.05, 0) is 50.2 Å².